The Labute approximate surface area is 246 Å². The normalized spacial score (nSPS) is 13.6. The maximum absolute atomic E-state index is 13.6. The van der Waals surface area contributed by atoms with E-state index in [0.717, 1.165) is 29.1 Å². The first-order valence-electron chi connectivity index (χ1n) is 12.7. The van der Waals surface area contributed by atoms with Gasteiger partial charge in [0.05, 0.1) is 18.0 Å². The number of sulfonamides is 1. The van der Waals surface area contributed by atoms with Crippen molar-refractivity contribution in [2.75, 3.05) is 19.7 Å². The van der Waals surface area contributed by atoms with Crippen molar-refractivity contribution in [1.29, 1.82) is 0 Å². The van der Waals surface area contributed by atoms with E-state index in [1.807, 2.05) is 18.2 Å². The third-order valence-electron chi connectivity index (χ3n) is 6.50. The highest BCUT2D eigenvalue weighted by Gasteiger charge is 2.30. The SMILES string of the molecule is O=C(O)CC(Cc1cccnc1)NC(=O)CN(CCOc1ccc2c(c1)CCC2)S(=O)(=O)c1ccc(Br)cc1Cl. The number of nitrogens with one attached hydrogen (secondary N) is 1. The van der Waals surface area contributed by atoms with Crippen LogP contribution in [0.3, 0.4) is 0 Å². The second-order valence-electron chi connectivity index (χ2n) is 9.47. The highest BCUT2D eigenvalue weighted by Crippen LogP contribution is 2.28. The van der Waals surface area contributed by atoms with E-state index in [2.05, 4.69) is 26.2 Å². The number of fused-ring (bicyclic) bond motifs is 1. The van der Waals surface area contributed by atoms with Crippen molar-refractivity contribution in [3.05, 3.63) is 87.1 Å². The first kappa shape index (κ1) is 30.0. The average Bonchev–Trinajstić information content (AvgIpc) is 3.36. The van der Waals surface area contributed by atoms with Crippen LogP contribution in [0.4, 0.5) is 0 Å². The molecule has 212 valence electrons. The number of nitrogens with zero attached hydrogens (tertiary/aromatic N) is 2. The van der Waals surface area contributed by atoms with E-state index in [1.165, 1.54) is 23.3 Å². The van der Waals surface area contributed by atoms with Gasteiger partial charge in [-0.05, 0) is 78.8 Å². The number of aromatic nitrogens is 1. The van der Waals surface area contributed by atoms with Crippen LogP contribution in [0.15, 0.2) is 70.3 Å². The van der Waals surface area contributed by atoms with Crippen LogP contribution in [0.1, 0.15) is 29.5 Å². The number of carbonyl (C=O) groups excluding carboxylic acids is 1. The Bertz CT molecular complexity index is 1470. The summed E-state index contributed by atoms with van der Waals surface area (Å²) in [4.78, 5) is 28.4. The number of aliphatic carboxylic acids is 1. The Balaban J connectivity index is 1.50. The van der Waals surface area contributed by atoms with Gasteiger partial charge in [-0.3, -0.25) is 14.6 Å². The third kappa shape index (κ3) is 8.03. The lowest BCUT2D eigenvalue weighted by Gasteiger charge is -2.24. The molecule has 1 amide bonds. The van der Waals surface area contributed by atoms with Gasteiger partial charge in [-0.2, -0.15) is 4.31 Å². The fourth-order valence-corrected chi connectivity index (χ4v) is 7.02. The average molecular weight is 651 g/mol. The van der Waals surface area contributed by atoms with E-state index < -0.39 is 34.5 Å². The Morgan fingerprint density at radius 2 is 1.95 bits per heavy atom. The molecule has 0 fully saturated rings. The molecule has 1 heterocycles. The van der Waals surface area contributed by atoms with E-state index in [4.69, 9.17) is 16.3 Å². The Kier molecular flexibility index (Phi) is 10.2. The summed E-state index contributed by atoms with van der Waals surface area (Å²) in [5.41, 5.74) is 3.25. The van der Waals surface area contributed by atoms with Crippen molar-refractivity contribution in [2.45, 2.75) is 43.0 Å². The van der Waals surface area contributed by atoms with Crippen molar-refractivity contribution in [1.82, 2.24) is 14.6 Å². The largest absolute Gasteiger partial charge is 0.492 e. The number of carbonyl (C=O) groups is 2. The van der Waals surface area contributed by atoms with E-state index in [0.29, 0.717) is 10.2 Å². The lowest BCUT2D eigenvalue weighted by molar-refractivity contribution is -0.137. The van der Waals surface area contributed by atoms with E-state index in [1.54, 1.807) is 30.6 Å². The molecule has 2 aromatic carbocycles. The number of pyridine rings is 1. The molecule has 1 unspecified atom stereocenters. The lowest BCUT2D eigenvalue weighted by Crippen LogP contribution is -2.46. The molecule has 12 heteroatoms. The molecule has 1 atom stereocenters. The van der Waals surface area contributed by atoms with E-state index in [9.17, 15) is 23.1 Å². The summed E-state index contributed by atoms with van der Waals surface area (Å²) in [5.74, 6) is -1.12. The molecule has 40 heavy (non-hydrogen) atoms. The summed E-state index contributed by atoms with van der Waals surface area (Å²) >= 11 is 9.55. The number of hydrogen-bond donors (Lipinski definition) is 2. The van der Waals surface area contributed by atoms with Gasteiger partial charge in [0.15, 0.2) is 0 Å². The van der Waals surface area contributed by atoms with Crippen molar-refractivity contribution in [3.63, 3.8) is 0 Å². The van der Waals surface area contributed by atoms with Gasteiger partial charge in [-0.15, -0.1) is 0 Å². The molecule has 1 aliphatic rings. The molecule has 1 aliphatic carbocycles. The van der Waals surface area contributed by atoms with Crippen molar-refractivity contribution < 1.29 is 27.9 Å². The number of aryl methyl sites for hydroxylation is 2. The highest BCUT2D eigenvalue weighted by molar-refractivity contribution is 9.10. The Morgan fingerprint density at radius 1 is 1.15 bits per heavy atom. The summed E-state index contributed by atoms with van der Waals surface area (Å²) < 4.78 is 34.7. The summed E-state index contributed by atoms with van der Waals surface area (Å²) in [7, 11) is -4.21. The number of halogens is 2. The zero-order valence-corrected chi connectivity index (χ0v) is 24.7. The molecule has 9 nitrogen and oxygen atoms in total. The molecule has 0 aliphatic heterocycles. The van der Waals surface area contributed by atoms with Crippen LogP contribution in [0.5, 0.6) is 5.75 Å². The van der Waals surface area contributed by atoms with Gasteiger partial charge in [0.25, 0.3) is 0 Å². The Morgan fingerprint density at radius 3 is 2.67 bits per heavy atom. The van der Waals surface area contributed by atoms with Gasteiger partial charge in [-0.1, -0.05) is 39.7 Å². The second kappa shape index (κ2) is 13.6. The summed E-state index contributed by atoms with van der Waals surface area (Å²) in [6, 6.07) is 12.9. The van der Waals surface area contributed by atoms with Crippen LogP contribution >= 0.6 is 27.5 Å². The van der Waals surface area contributed by atoms with Gasteiger partial charge in [-0.25, -0.2) is 8.42 Å². The van der Waals surface area contributed by atoms with Crippen LogP contribution < -0.4 is 10.1 Å². The summed E-state index contributed by atoms with van der Waals surface area (Å²) in [5, 5.41) is 12.0. The van der Waals surface area contributed by atoms with Gasteiger partial charge < -0.3 is 15.2 Å². The van der Waals surface area contributed by atoms with Crippen LogP contribution in [0.25, 0.3) is 0 Å². The minimum Gasteiger partial charge on any atom is -0.492 e. The van der Waals surface area contributed by atoms with Gasteiger partial charge >= 0.3 is 5.97 Å². The van der Waals surface area contributed by atoms with Crippen LogP contribution in [0, 0.1) is 0 Å². The van der Waals surface area contributed by atoms with Gasteiger partial charge in [0.1, 0.15) is 17.3 Å². The van der Waals surface area contributed by atoms with Crippen molar-refractivity contribution in [3.8, 4) is 5.75 Å². The Hall–Kier alpha value is -2.99. The van der Waals surface area contributed by atoms with Crippen LogP contribution in [-0.2, 0) is 38.9 Å². The molecule has 1 aromatic heterocycles. The topological polar surface area (TPSA) is 126 Å². The number of hydrogen-bond acceptors (Lipinski definition) is 6. The molecular weight excluding hydrogens is 622 g/mol. The first-order chi connectivity index (χ1) is 19.1. The zero-order valence-electron chi connectivity index (χ0n) is 21.6. The number of rotatable bonds is 13. The van der Waals surface area contributed by atoms with Crippen LogP contribution in [-0.4, -0.2) is 60.4 Å². The maximum Gasteiger partial charge on any atom is 0.305 e. The van der Waals surface area contributed by atoms with E-state index in [-0.39, 0.29) is 35.9 Å². The van der Waals surface area contributed by atoms with Gasteiger partial charge in [0, 0.05) is 29.5 Å². The van der Waals surface area contributed by atoms with E-state index >= 15 is 0 Å². The monoisotopic (exact) mass is 649 g/mol. The fourth-order valence-electron chi connectivity index (χ4n) is 4.63. The molecule has 0 spiro atoms. The minimum absolute atomic E-state index is 0.000319. The molecule has 0 bridgehead atoms. The zero-order chi connectivity index (χ0) is 28.7. The van der Waals surface area contributed by atoms with Gasteiger partial charge in [0.2, 0.25) is 15.9 Å². The first-order valence-corrected chi connectivity index (χ1v) is 15.3. The predicted octanol–water partition coefficient (Wildman–Crippen LogP) is 4.26. The number of ether oxygens (including phenoxy) is 1. The highest BCUT2D eigenvalue weighted by atomic mass is 79.9. The number of benzene rings is 2. The predicted molar refractivity (Wildman–Crippen MR) is 154 cm³/mol. The quantitative estimate of drug-likeness (QED) is 0.283. The molecule has 2 N–H and O–H groups in total. The molecule has 0 saturated heterocycles. The smallest absolute Gasteiger partial charge is 0.305 e. The summed E-state index contributed by atoms with van der Waals surface area (Å²) in [6.45, 7) is -0.690. The number of amides is 1. The lowest BCUT2D eigenvalue weighted by atomic mass is 10.0. The minimum atomic E-state index is -4.21. The molecular formula is C28H29BrClN3O6S. The third-order valence-corrected chi connectivity index (χ3v) is 9.32. The van der Waals surface area contributed by atoms with Crippen molar-refractivity contribution in [2.24, 2.45) is 0 Å². The standard InChI is InChI=1S/C28H29BrClN3O6S/c29-22-7-9-26(25(30)15-22)40(37,38)33(11-12-39-24-8-6-20-4-1-5-21(20)14-24)18-27(34)32-23(16-28(35)36)13-19-3-2-10-31-17-19/h2-3,6-10,14-15,17,23H,1,4-5,11-13,16,18H2,(H,32,34)(H,35,36). The second-order valence-corrected chi connectivity index (χ2v) is 12.7. The molecule has 3 aromatic rings. The number of carboxylic acid groups (broad SMARTS) is 1. The summed E-state index contributed by atoms with van der Waals surface area (Å²) in [6.07, 6.45) is 6.17. The fraction of sp³-hybridized carbons (Fsp3) is 0.321. The molecule has 0 saturated carbocycles. The molecule has 0 radical (unpaired) electrons. The van der Waals surface area contributed by atoms with Crippen molar-refractivity contribution >= 4 is 49.4 Å². The van der Waals surface area contributed by atoms with Crippen LogP contribution in [0.2, 0.25) is 5.02 Å². The molecule has 4 rings (SSSR count). The maximum atomic E-state index is 13.6. The number of carboxylic acids is 1.